The van der Waals surface area contributed by atoms with Gasteiger partial charge in [-0.2, -0.15) is 9.61 Å². The smallest absolute Gasteiger partial charge is 0.391 e. The SMILES string of the molecule is O=C(NCc1cccc(F)c1)Oc1cc(Cl)nc2c(C3CC3)cnn12. The Morgan fingerprint density at radius 3 is 3.00 bits per heavy atom. The van der Waals surface area contributed by atoms with Gasteiger partial charge in [0.1, 0.15) is 11.0 Å². The molecule has 0 unspecified atom stereocenters. The summed E-state index contributed by atoms with van der Waals surface area (Å²) in [6.07, 6.45) is 3.24. The van der Waals surface area contributed by atoms with Gasteiger partial charge in [-0.05, 0) is 36.5 Å². The van der Waals surface area contributed by atoms with Gasteiger partial charge < -0.3 is 10.1 Å². The van der Waals surface area contributed by atoms with Crippen LogP contribution in [0.2, 0.25) is 5.15 Å². The molecule has 0 saturated heterocycles. The standard InChI is InChI=1S/C17H14ClFN4O2/c18-14-7-15(23-16(22-14)13(9-21-23)11-4-5-11)25-17(24)20-8-10-2-1-3-12(19)6-10/h1-3,6-7,9,11H,4-5,8H2,(H,20,24). The fourth-order valence-corrected chi connectivity index (χ4v) is 2.80. The zero-order valence-electron chi connectivity index (χ0n) is 13.1. The molecule has 6 nitrogen and oxygen atoms in total. The van der Waals surface area contributed by atoms with Crippen molar-refractivity contribution in [2.45, 2.75) is 25.3 Å². The number of carbonyl (C=O) groups is 1. The number of nitrogens with one attached hydrogen (secondary N) is 1. The van der Waals surface area contributed by atoms with Crippen molar-refractivity contribution < 1.29 is 13.9 Å². The molecule has 1 N–H and O–H groups in total. The summed E-state index contributed by atoms with van der Waals surface area (Å²) in [5.41, 5.74) is 2.24. The van der Waals surface area contributed by atoms with E-state index in [0.717, 1.165) is 18.4 Å². The van der Waals surface area contributed by atoms with Crippen LogP contribution in [0.3, 0.4) is 0 Å². The molecule has 0 bridgehead atoms. The first-order chi connectivity index (χ1) is 12.1. The van der Waals surface area contributed by atoms with Crippen LogP contribution in [0.25, 0.3) is 5.65 Å². The third-order valence-corrected chi connectivity index (χ3v) is 4.17. The summed E-state index contributed by atoms with van der Waals surface area (Å²) in [5, 5.41) is 7.04. The third kappa shape index (κ3) is 3.41. The maximum absolute atomic E-state index is 13.2. The van der Waals surface area contributed by atoms with Crippen molar-refractivity contribution in [3.05, 3.63) is 58.6 Å². The molecular weight excluding hydrogens is 347 g/mol. The van der Waals surface area contributed by atoms with Gasteiger partial charge in [0.05, 0.1) is 6.20 Å². The number of fused-ring (bicyclic) bond motifs is 1. The summed E-state index contributed by atoms with van der Waals surface area (Å²) < 4.78 is 19.9. The lowest BCUT2D eigenvalue weighted by molar-refractivity contribution is 0.197. The van der Waals surface area contributed by atoms with Crippen LogP contribution in [0.5, 0.6) is 5.88 Å². The lowest BCUT2D eigenvalue weighted by Crippen LogP contribution is -2.27. The second-order valence-electron chi connectivity index (χ2n) is 5.90. The number of benzene rings is 1. The number of carbonyl (C=O) groups excluding carboxylic acids is 1. The average molecular weight is 361 g/mol. The van der Waals surface area contributed by atoms with Crippen LogP contribution < -0.4 is 10.1 Å². The maximum Gasteiger partial charge on any atom is 0.414 e. The molecule has 25 heavy (non-hydrogen) atoms. The lowest BCUT2D eigenvalue weighted by Gasteiger charge is -2.08. The molecule has 8 heteroatoms. The van der Waals surface area contributed by atoms with Crippen molar-refractivity contribution in [2.24, 2.45) is 0 Å². The van der Waals surface area contributed by atoms with Crippen LogP contribution in [0.4, 0.5) is 9.18 Å². The molecular formula is C17H14ClFN4O2. The van der Waals surface area contributed by atoms with Crippen molar-refractivity contribution in [1.29, 1.82) is 0 Å². The molecule has 128 valence electrons. The maximum atomic E-state index is 13.2. The second-order valence-corrected chi connectivity index (χ2v) is 6.29. The summed E-state index contributed by atoms with van der Waals surface area (Å²) in [5.74, 6) is 0.260. The van der Waals surface area contributed by atoms with Gasteiger partial charge >= 0.3 is 6.09 Å². The van der Waals surface area contributed by atoms with Gasteiger partial charge in [0.25, 0.3) is 0 Å². The van der Waals surface area contributed by atoms with E-state index in [4.69, 9.17) is 16.3 Å². The molecule has 1 aromatic carbocycles. The molecule has 0 aliphatic heterocycles. The Morgan fingerprint density at radius 1 is 1.40 bits per heavy atom. The normalized spacial score (nSPS) is 13.8. The van der Waals surface area contributed by atoms with Crippen LogP contribution in [0.1, 0.15) is 29.9 Å². The minimum atomic E-state index is -0.684. The number of nitrogens with zero attached hydrogens (tertiary/aromatic N) is 3. The highest BCUT2D eigenvalue weighted by atomic mass is 35.5. The lowest BCUT2D eigenvalue weighted by atomic mass is 10.2. The van der Waals surface area contributed by atoms with E-state index in [1.165, 1.54) is 22.7 Å². The van der Waals surface area contributed by atoms with Crippen molar-refractivity contribution in [3.63, 3.8) is 0 Å². The second kappa shape index (κ2) is 6.33. The predicted molar refractivity (Wildman–Crippen MR) is 89.2 cm³/mol. The number of rotatable bonds is 4. The Hall–Kier alpha value is -2.67. The number of ether oxygens (including phenoxy) is 1. The van der Waals surface area contributed by atoms with E-state index in [1.807, 2.05) is 0 Å². The van der Waals surface area contributed by atoms with Crippen LogP contribution in [-0.2, 0) is 6.54 Å². The summed E-state index contributed by atoms with van der Waals surface area (Å²) in [4.78, 5) is 16.3. The highest BCUT2D eigenvalue weighted by molar-refractivity contribution is 6.29. The van der Waals surface area contributed by atoms with E-state index < -0.39 is 6.09 Å². The summed E-state index contributed by atoms with van der Waals surface area (Å²) in [7, 11) is 0. The van der Waals surface area contributed by atoms with E-state index in [0.29, 0.717) is 17.1 Å². The van der Waals surface area contributed by atoms with Gasteiger partial charge in [-0.15, -0.1) is 0 Å². The molecule has 1 aliphatic carbocycles. The third-order valence-electron chi connectivity index (χ3n) is 3.98. The quantitative estimate of drug-likeness (QED) is 0.720. The Labute approximate surface area is 147 Å². The Kier molecular flexibility index (Phi) is 4.01. The molecule has 3 aromatic rings. The molecule has 4 rings (SSSR count). The van der Waals surface area contributed by atoms with Crippen molar-refractivity contribution in [1.82, 2.24) is 19.9 Å². The predicted octanol–water partition coefficient (Wildman–Crippen LogP) is 3.69. The molecule has 1 amide bonds. The molecule has 1 aliphatic rings. The highest BCUT2D eigenvalue weighted by Gasteiger charge is 2.28. The minimum Gasteiger partial charge on any atom is -0.391 e. The van der Waals surface area contributed by atoms with Gasteiger partial charge in [0.2, 0.25) is 5.88 Å². The number of amides is 1. The number of aromatic nitrogens is 3. The van der Waals surface area contributed by atoms with Crippen LogP contribution in [0.15, 0.2) is 36.5 Å². The van der Waals surface area contributed by atoms with E-state index in [9.17, 15) is 9.18 Å². The molecule has 0 spiro atoms. The van der Waals surface area contributed by atoms with Crippen molar-refractivity contribution >= 4 is 23.3 Å². The van der Waals surface area contributed by atoms with Crippen LogP contribution >= 0.6 is 11.6 Å². The van der Waals surface area contributed by atoms with Gasteiger partial charge in [-0.1, -0.05) is 23.7 Å². The van der Waals surface area contributed by atoms with Gasteiger partial charge in [-0.3, -0.25) is 0 Å². The molecule has 0 radical (unpaired) electrons. The Balaban J connectivity index is 1.51. The van der Waals surface area contributed by atoms with E-state index in [-0.39, 0.29) is 23.4 Å². The van der Waals surface area contributed by atoms with Gasteiger partial charge in [0, 0.05) is 18.2 Å². The van der Waals surface area contributed by atoms with Crippen molar-refractivity contribution in [2.75, 3.05) is 0 Å². The fraction of sp³-hybridized carbons (Fsp3) is 0.235. The zero-order valence-corrected chi connectivity index (χ0v) is 13.8. The largest absolute Gasteiger partial charge is 0.414 e. The number of hydrogen-bond donors (Lipinski definition) is 1. The molecule has 2 heterocycles. The summed E-state index contributed by atoms with van der Waals surface area (Å²) in [6, 6.07) is 7.40. The Bertz CT molecular complexity index is 955. The first-order valence-electron chi connectivity index (χ1n) is 7.84. The monoisotopic (exact) mass is 360 g/mol. The first-order valence-corrected chi connectivity index (χ1v) is 8.22. The zero-order chi connectivity index (χ0) is 17.4. The fourth-order valence-electron chi connectivity index (χ4n) is 2.63. The highest BCUT2D eigenvalue weighted by Crippen LogP contribution is 2.42. The van der Waals surface area contributed by atoms with Crippen molar-refractivity contribution in [3.8, 4) is 5.88 Å². The van der Waals surface area contributed by atoms with Crippen LogP contribution in [-0.4, -0.2) is 20.7 Å². The number of halogens is 2. The van der Waals surface area contributed by atoms with Crippen LogP contribution in [0, 0.1) is 5.82 Å². The summed E-state index contributed by atoms with van der Waals surface area (Å²) in [6.45, 7) is 0.144. The van der Waals surface area contributed by atoms with Gasteiger partial charge in [0.15, 0.2) is 5.65 Å². The Morgan fingerprint density at radius 2 is 2.24 bits per heavy atom. The number of hydrogen-bond acceptors (Lipinski definition) is 4. The molecule has 1 saturated carbocycles. The molecule has 2 aromatic heterocycles. The summed E-state index contributed by atoms with van der Waals surface area (Å²) >= 11 is 6.05. The van der Waals surface area contributed by atoms with E-state index >= 15 is 0 Å². The molecule has 0 atom stereocenters. The first kappa shape index (κ1) is 15.8. The van der Waals surface area contributed by atoms with E-state index in [1.54, 1.807) is 18.3 Å². The van der Waals surface area contributed by atoms with E-state index in [2.05, 4.69) is 15.4 Å². The topological polar surface area (TPSA) is 68.5 Å². The minimum absolute atomic E-state index is 0.144. The van der Waals surface area contributed by atoms with Gasteiger partial charge in [-0.25, -0.2) is 14.2 Å². The average Bonchev–Trinajstić information content (AvgIpc) is 3.33. The molecule has 1 fully saturated rings.